The number of benzene rings is 2. The molecule has 7 nitrogen and oxygen atoms in total. The van der Waals surface area contributed by atoms with Gasteiger partial charge in [-0.25, -0.2) is 13.1 Å². The van der Waals surface area contributed by atoms with Gasteiger partial charge in [0.2, 0.25) is 10.0 Å². The first-order chi connectivity index (χ1) is 14.2. The molecule has 30 heavy (non-hydrogen) atoms. The van der Waals surface area contributed by atoms with E-state index in [1.165, 1.54) is 19.2 Å². The van der Waals surface area contributed by atoms with E-state index in [0.717, 1.165) is 29.7 Å². The molecule has 1 aliphatic heterocycles. The quantitative estimate of drug-likeness (QED) is 0.757. The number of aryl methyl sites for hydroxylation is 1. The molecule has 3 rings (SSSR count). The first-order valence-electron chi connectivity index (χ1n) is 9.88. The molecular weight excluding hydrogens is 404 g/mol. The van der Waals surface area contributed by atoms with E-state index in [0.29, 0.717) is 12.3 Å². The standard InChI is InChI=1S/C22H28N2O5S/c1-14(2)23-30(26,27)20-13-16(9-11-18(20)28-4)22(25)24-12-6-7-17-15(3)8-10-19(29-5)21(17)24/h8-11,13-14,23H,6-7,12H2,1-5H3. The number of carbonyl (C=O) groups is 1. The Morgan fingerprint density at radius 3 is 2.40 bits per heavy atom. The second-order valence-electron chi connectivity index (χ2n) is 7.61. The van der Waals surface area contributed by atoms with Crippen molar-refractivity contribution in [1.29, 1.82) is 0 Å². The zero-order valence-electron chi connectivity index (χ0n) is 18.0. The number of fused-ring (bicyclic) bond motifs is 1. The Kier molecular flexibility index (Phi) is 6.38. The summed E-state index contributed by atoms with van der Waals surface area (Å²) in [7, 11) is -0.856. The third-order valence-corrected chi connectivity index (χ3v) is 6.79. The third-order valence-electron chi connectivity index (χ3n) is 5.11. The van der Waals surface area contributed by atoms with Crippen molar-refractivity contribution in [3.05, 3.63) is 47.0 Å². The third kappa shape index (κ3) is 4.15. The number of sulfonamides is 1. The number of nitrogens with one attached hydrogen (secondary N) is 1. The minimum Gasteiger partial charge on any atom is -0.495 e. The normalized spacial score (nSPS) is 13.9. The van der Waals surface area contributed by atoms with Crippen LogP contribution in [0.1, 0.15) is 41.8 Å². The van der Waals surface area contributed by atoms with Crippen molar-refractivity contribution < 1.29 is 22.7 Å². The molecule has 2 aromatic carbocycles. The second-order valence-corrected chi connectivity index (χ2v) is 9.30. The molecule has 0 saturated heterocycles. The monoisotopic (exact) mass is 432 g/mol. The minimum absolute atomic E-state index is 0.0574. The van der Waals surface area contributed by atoms with Crippen LogP contribution in [0.5, 0.6) is 11.5 Å². The zero-order chi connectivity index (χ0) is 22.1. The molecule has 0 unspecified atom stereocenters. The van der Waals surface area contributed by atoms with Crippen molar-refractivity contribution in [1.82, 2.24) is 4.72 Å². The second kappa shape index (κ2) is 8.65. The van der Waals surface area contributed by atoms with Gasteiger partial charge in [0.25, 0.3) is 5.91 Å². The maximum absolute atomic E-state index is 13.5. The molecule has 0 aromatic heterocycles. The molecule has 0 bridgehead atoms. The molecule has 0 spiro atoms. The number of hydrogen-bond acceptors (Lipinski definition) is 5. The van der Waals surface area contributed by atoms with Gasteiger partial charge in [0, 0.05) is 18.2 Å². The van der Waals surface area contributed by atoms with E-state index in [4.69, 9.17) is 9.47 Å². The van der Waals surface area contributed by atoms with Crippen LogP contribution in [0.25, 0.3) is 0 Å². The van der Waals surface area contributed by atoms with Crippen LogP contribution in [-0.4, -0.2) is 41.1 Å². The van der Waals surface area contributed by atoms with Crippen LogP contribution < -0.4 is 19.1 Å². The number of rotatable bonds is 6. The molecule has 1 aliphatic rings. The Morgan fingerprint density at radius 1 is 1.10 bits per heavy atom. The lowest BCUT2D eigenvalue weighted by atomic mass is 9.95. The van der Waals surface area contributed by atoms with E-state index < -0.39 is 10.0 Å². The highest BCUT2D eigenvalue weighted by molar-refractivity contribution is 7.89. The van der Waals surface area contributed by atoms with Gasteiger partial charge in [-0.05, 0) is 69.0 Å². The molecule has 0 saturated carbocycles. The predicted molar refractivity (Wildman–Crippen MR) is 116 cm³/mol. The molecule has 0 aliphatic carbocycles. The number of amides is 1. The summed E-state index contributed by atoms with van der Waals surface area (Å²) < 4.78 is 38.9. The van der Waals surface area contributed by atoms with Crippen molar-refractivity contribution in [3.63, 3.8) is 0 Å². The van der Waals surface area contributed by atoms with Gasteiger partial charge in [0.1, 0.15) is 16.4 Å². The Morgan fingerprint density at radius 2 is 1.77 bits per heavy atom. The highest BCUT2D eigenvalue weighted by atomic mass is 32.2. The average Bonchev–Trinajstić information content (AvgIpc) is 2.72. The lowest BCUT2D eigenvalue weighted by molar-refractivity contribution is 0.0984. The van der Waals surface area contributed by atoms with Gasteiger partial charge in [0.15, 0.2) is 0 Å². The Labute approximate surface area is 178 Å². The molecule has 1 heterocycles. The first-order valence-corrected chi connectivity index (χ1v) is 11.4. The smallest absolute Gasteiger partial charge is 0.258 e. The van der Waals surface area contributed by atoms with Gasteiger partial charge in [-0.15, -0.1) is 0 Å². The molecule has 0 atom stereocenters. The van der Waals surface area contributed by atoms with Crippen LogP contribution in [0, 0.1) is 6.92 Å². The number of anilines is 1. The summed E-state index contributed by atoms with van der Waals surface area (Å²) in [6, 6.07) is 8.03. The largest absolute Gasteiger partial charge is 0.495 e. The van der Waals surface area contributed by atoms with E-state index in [9.17, 15) is 13.2 Å². The van der Waals surface area contributed by atoms with Crippen molar-refractivity contribution in [3.8, 4) is 11.5 Å². The van der Waals surface area contributed by atoms with E-state index in [-0.39, 0.29) is 28.2 Å². The maximum Gasteiger partial charge on any atom is 0.258 e. The van der Waals surface area contributed by atoms with E-state index >= 15 is 0 Å². The van der Waals surface area contributed by atoms with Crippen LogP contribution in [0.3, 0.4) is 0 Å². The van der Waals surface area contributed by atoms with E-state index in [1.54, 1.807) is 31.9 Å². The fourth-order valence-corrected chi connectivity index (χ4v) is 5.22. The van der Waals surface area contributed by atoms with Crippen molar-refractivity contribution in [2.24, 2.45) is 0 Å². The van der Waals surface area contributed by atoms with Crippen LogP contribution in [0.15, 0.2) is 35.2 Å². The number of carbonyl (C=O) groups excluding carboxylic acids is 1. The van der Waals surface area contributed by atoms with Crippen molar-refractivity contribution >= 4 is 21.6 Å². The molecule has 162 valence electrons. The van der Waals surface area contributed by atoms with Gasteiger partial charge in [-0.3, -0.25) is 4.79 Å². The summed E-state index contributed by atoms with van der Waals surface area (Å²) >= 11 is 0. The molecule has 0 fully saturated rings. The first kappa shape index (κ1) is 22.1. The maximum atomic E-state index is 13.5. The summed E-state index contributed by atoms with van der Waals surface area (Å²) in [5.41, 5.74) is 3.21. The lowest BCUT2D eigenvalue weighted by Gasteiger charge is -2.32. The predicted octanol–water partition coefficient (Wildman–Crippen LogP) is 3.29. The van der Waals surface area contributed by atoms with E-state index in [2.05, 4.69) is 4.72 Å². The zero-order valence-corrected chi connectivity index (χ0v) is 18.8. The molecular formula is C22H28N2O5S. The number of ether oxygens (including phenoxy) is 2. The fraction of sp³-hybridized carbons (Fsp3) is 0.409. The molecule has 8 heteroatoms. The van der Waals surface area contributed by atoms with Crippen LogP contribution in [0.4, 0.5) is 5.69 Å². The highest BCUT2D eigenvalue weighted by Crippen LogP contribution is 2.39. The summed E-state index contributed by atoms with van der Waals surface area (Å²) in [5, 5.41) is 0. The van der Waals surface area contributed by atoms with Crippen LogP contribution in [0.2, 0.25) is 0 Å². The minimum atomic E-state index is -3.84. The van der Waals surface area contributed by atoms with Crippen molar-refractivity contribution in [2.75, 3.05) is 25.7 Å². The molecule has 1 amide bonds. The molecule has 2 aromatic rings. The molecule has 1 N–H and O–H groups in total. The van der Waals surface area contributed by atoms with Gasteiger partial charge in [-0.2, -0.15) is 0 Å². The van der Waals surface area contributed by atoms with E-state index in [1.807, 2.05) is 19.1 Å². The average molecular weight is 433 g/mol. The topological polar surface area (TPSA) is 84.9 Å². The SMILES string of the molecule is COc1ccc(C(=O)N2CCCc3c(C)ccc(OC)c32)cc1S(=O)(=O)NC(C)C. The van der Waals surface area contributed by atoms with Gasteiger partial charge in [-0.1, -0.05) is 6.07 Å². The number of nitrogens with zero attached hydrogens (tertiary/aromatic N) is 1. The van der Waals surface area contributed by atoms with Crippen LogP contribution in [-0.2, 0) is 16.4 Å². The van der Waals surface area contributed by atoms with Gasteiger partial charge < -0.3 is 14.4 Å². The summed E-state index contributed by atoms with van der Waals surface area (Å²) in [4.78, 5) is 15.1. The van der Waals surface area contributed by atoms with Crippen molar-refractivity contribution in [2.45, 2.75) is 44.6 Å². The summed E-state index contributed by atoms with van der Waals surface area (Å²) in [5.74, 6) is 0.544. The Hall–Kier alpha value is -2.58. The summed E-state index contributed by atoms with van der Waals surface area (Å²) in [6.45, 7) is 6.02. The lowest BCUT2D eigenvalue weighted by Crippen LogP contribution is -2.36. The molecule has 0 radical (unpaired) electrons. The fourth-order valence-electron chi connectivity index (χ4n) is 3.77. The van der Waals surface area contributed by atoms with Gasteiger partial charge in [0.05, 0.1) is 19.9 Å². The Balaban J connectivity index is 2.08. The van der Waals surface area contributed by atoms with Gasteiger partial charge >= 0.3 is 0 Å². The Bertz CT molecular complexity index is 1060. The number of methoxy groups -OCH3 is 2. The summed E-state index contributed by atoms with van der Waals surface area (Å²) in [6.07, 6.45) is 1.69. The highest BCUT2D eigenvalue weighted by Gasteiger charge is 2.29. The number of hydrogen-bond donors (Lipinski definition) is 1. The van der Waals surface area contributed by atoms with Crippen LogP contribution >= 0.6 is 0 Å².